The van der Waals surface area contributed by atoms with Crippen molar-refractivity contribution < 1.29 is 0 Å². The average Bonchev–Trinajstić information content (AvgIpc) is 2.11. The van der Waals surface area contributed by atoms with Crippen LogP contribution in [0.5, 0.6) is 0 Å². The molecule has 14 heavy (non-hydrogen) atoms. The molecule has 0 radical (unpaired) electrons. The van der Waals surface area contributed by atoms with E-state index < -0.39 is 0 Å². The summed E-state index contributed by atoms with van der Waals surface area (Å²) in [6, 6.07) is 5.60. The third-order valence-corrected chi connectivity index (χ3v) is 2.78. The van der Waals surface area contributed by atoms with Gasteiger partial charge in [-0.1, -0.05) is 23.2 Å². The van der Waals surface area contributed by atoms with Gasteiger partial charge in [0.15, 0.2) is 0 Å². The van der Waals surface area contributed by atoms with E-state index in [-0.39, 0.29) is 0 Å². The van der Waals surface area contributed by atoms with Gasteiger partial charge >= 0.3 is 0 Å². The maximum Gasteiger partial charge on any atom is 0.0424 e. The summed E-state index contributed by atoms with van der Waals surface area (Å²) in [5.74, 6) is 1.12. The van der Waals surface area contributed by atoms with Crippen LogP contribution in [0.4, 0.5) is 0 Å². The van der Waals surface area contributed by atoms with Gasteiger partial charge in [-0.25, -0.2) is 0 Å². The molecular weight excluding hydrogens is 237 g/mol. The Balaban J connectivity index is 2.42. The molecule has 0 aromatic heterocycles. The van der Waals surface area contributed by atoms with Gasteiger partial charge in [0, 0.05) is 28.9 Å². The largest absolute Gasteiger partial charge is 0.312 e. The Morgan fingerprint density at radius 3 is 2.43 bits per heavy atom. The van der Waals surface area contributed by atoms with Gasteiger partial charge in [0.25, 0.3) is 0 Å². The zero-order chi connectivity index (χ0) is 10.4. The minimum atomic E-state index is 0.694. The summed E-state index contributed by atoms with van der Waals surface area (Å²) in [7, 11) is 0. The number of hydrogen-bond acceptors (Lipinski definition) is 2. The Bertz CT molecular complexity index is 271. The molecule has 1 aromatic carbocycles. The van der Waals surface area contributed by atoms with Crippen molar-refractivity contribution in [1.82, 2.24) is 5.32 Å². The molecule has 1 aromatic rings. The Kier molecular flexibility index (Phi) is 5.71. The van der Waals surface area contributed by atoms with Gasteiger partial charge in [-0.2, -0.15) is 11.8 Å². The normalized spacial score (nSPS) is 10.5. The third kappa shape index (κ3) is 4.56. The first-order valence-electron chi connectivity index (χ1n) is 4.37. The topological polar surface area (TPSA) is 12.0 Å². The summed E-state index contributed by atoms with van der Waals surface area (Å²) < 4.78 is 0. The van der Waals surface area contributed by atoms with Crippen molar-refractivity contribution in [3.05, 3.63) is 33.8 Å². The van der Waals surface area contributed by atoms with Crippen LogP contribution in [-0.4, -0.2) is 18.6 Å². The number of nitrogens with one attached hydrogen (secondary N) is 1. The molecular formula is C10H13Cl2NS. The highest BCUT2D eigenvalue weighted by molar-refractivity contribution is 7.98. The van der Waals surface area contributed by atoms with Gasteiger partial charge < -0.3 is 5.32 Å². The van der Waals surface area contributed by atoms with Crippen LogP contribution in [-0.2, 0) is 6.54 Å². The van der Waals surface area contributed by atoms with Crippen molar-refractivity contribution in [2.75, 3.05) is 18.6 Å². The van der Waals surface area contributed by atoms with Crippen LogP contribution in [0, 0.1) is 0 Å². The molecule has 0 aliphatic heterocycles. The zero-order valence-electron chi connectivity index (χ0n) is 8.02. The Morgan fingerprint density at radius 2 is 1.86 bits per heavy atom. The number of hydrogen-bond donors (Lipinski definition) is 1. The minimum absolute atomic E-state index is 0.694. The fourth-order valence-corrected chi connectivity index (χ4v) is 2.04. The summed E-state index contributed by atoms with van der Waals surface area (Å²) in [5.41, 5.74) is 1.13. The molecule has 1 nitrogen and oxygen atoms in total. The van der Waals surface area contributed by atoms with Crippen molar-refractivity contribution in [3.63, 3.8) is 0 Å². The van der Waals surface area contributed by atoms with E-state index in [4.69, 9.17) is 23.2 Å². The highest BCUT2D eigenvalue weighted by Gasteiger charge is 1.97. The van der Waals surface area contributed by atoms with Crippen LogP contribution in [0.1, 0.15) is 5.56 Å². The van der Waals surface area contributed by atoms with Crippen LogP contribution in [0.2, 0.25) is 10.0 Å². The average molecular weight is 250 g/mol. The third-order valence-electron chi connectivity index (χ3n) is 1.73. The molecule has 0 heterocycles. The predicted octanol–water partition coefficient (Wildman–Crippen LogP) is 3.45. The van der Waals surface area contributed by atoms with E-state index in [0.717, 1.165) is 24.4 Å². The molecule has 1 N–H and O–H groups in total. The number of benzene rings is 1. The molecule has 0 amide bonds. The van der Waals surface area contributed by atoms with Crippen molar-refractivity contribution in [3.8, 4) is 0 Å². The van der Waals surface area contributed by atoms with Crippen LogP contribution < -0.4 is 5.32 Å². The second-order valence-electron chi connectivity index (χ2n) is 2.95. The first-order valence-corrected chi connectivity index (χ1v) is 6.52. The molecule has 0 bridgehead atoms. The van der Waals surface area contributed by atoms with E-state index in [2.05, 4.69) is 11.6 Å². The number of halogens is 2. The van der Waals surface area contributed by atoms with Crippen LogP contribution in [0.25, 0.3) is 0 Å². The van der Waals surface area contributed by atoms with E-state index in [0.29, 0.717) is 10.0 Å². The first kappa shape index (κ1) is 12.2. The Morgan fingerprint density at radius 1 is 1.21 bits per heavy atom. The summed E-state index contributed by atoms with van der Waals surface area (Å²) in [4.78, 5) is 0. The van der Waals surface area contributed by atoms with Crippen LogP contribution >= 0.6 is 35.0 Å². The summed E-state index contributed by atoms with van der Waals surface area (Å²) >= 11 is 13.6. The Labute approximate surface area is 99.2 Å². The standard InChI is InChI=1S/C10H13Cl2NS/c1-14-3-2-13-7-8-4-9(11)6-10(12)5-8/h4-6,13H,2-3,7H2,1H3. The summed E-state index contributed by atoms with van der Waals surface area (Å²) in [6.07, 6.45) is 2.10. The Hall–Kier alpha value is 0.110. The molecule has 0 atom stereocenters. The number of rotatable bonds is 5. The lowest BCUT2D eigenvalue weighted by molar-refractivity contribution is 0.732. The van der Waals surface area contributed by atoms with Gasteiger partial charge in [-0.05, 0) is 30.0 Å². The smallest absolute Gasteiger partial charge is 0.0424 e. The lowest BCUT2D eigenvalue weighted by Crippen LogP contribution is -2.16. The van der Waals surface area contributed by atoms with Crippen LogP contribution in [0.3, 0.4) is 0 Å². The molecule has 0 fully saturated rings. The van der Waals surface area contributed by atoms with E-state index in [9.17, 15) is 0 Å². The van der Waals surface area contributed by atoms with Gasteiger partial charge in [-0.3, -0.25) is 0 Å². The zero-order valence-corrected chi connectivity index (χ0v) is 10.3. The molecule has 78 valence electrons. The van der Waals surface area contributed by atoms with Gasteiger partial charge in [-0.15, -0.1) is 0 Å². The van der Waals surface area contributed by atoms with Crippen LogP contribution in [0.15, 0.2) is 18.2 Å². The second-order valence-corrected chi connectivity index (χ2v) is 4.81. The maximum absolute atomic E-state index is 5.87. The predicted molar refractivity (Wildman–Crippen MR) is 66.6 cm³/mol. The van der Waals surface area contributed by atoms with Crippen molar-refractivity contribution >= 4 is 35.0 Å². The van der Waals surface area contributed by atoms with Gasteiger partial charge in [0.1, 0.15) is 0 Å². The van der Waals surface area contributed by atoms with Crippen molar-refractivity contribution in [2.45, 2.75) is 6.54 Å². The molecule has 0 saturated carbocycles. The highest BCUT2D eigenvalue weighted by Crippen LogP contribution is 2.18. The molecule has 1 rings (SSSR count). The van der Waals surface area contributed by atoms with E-state index in [1.807, 2.05) is 23.9 Å². The number of thioether (sulfide) groups is 1. The summed E-state index contributed by atoms with van der Waals surface area (Å²) in [5, 5.41) is 4.71. The summed E-state index contributed by atoms with van der Waals surface area (Å²) in [6.45, 7) is 1.83. The lowest BCUT2D eigenvalue weighted by Gasteiger charge is -2.04. The lowest BCUT2D eigenvalue weighted by atomic mass is 10.2. The first-order chi connectivity index (χ1) is 6.72. The fraction of sp³-hybridized carbons (Fsp3) is 0.400. The maximum atomic E-state index is 5.87. The molecule has 0 aliphatic carbocycles. The van der Waals surface area contributed by atoms with Gasteiger partial charge in [0.05, 0.1) is 0 Å². The monoisotopic (exact) mass is 249 g/mol. The molecule has 0 aliphatic rings. The van der Waals surface area contributed by atoms with Crippen molar-refractivity contribution in [1.29, 1.82) is 0 Å². The fourth-order valence-electron chi connectivity index (χ4n) is 1.12. The van der Waals surface area contributed by atoms with Crippen molar-refractivity contribution in [2.24, 2.45) is 0 Å². The SMILES string of the molecule is CSCCNCc1cc(Cl)cc(Cl)c1. The quantitative estimate of drug-likeness (QED) is 0.803. The van der Waals surface area contributed by atoms with Gasteiger partial charge in [0.2, 0.25) is 0 Å². The van der Waals surface area contributed by atoms with E-state index in [1.54, 1.807) is 6.07 Å². The highest BCUT2D eigenvalue weighted by atomic mass is 35.5. The van der Waals surface area contributed by atoms with E-state index >= 15 is 0 Å². The molecule has 0 unspecified atom stereocenters. The minimum Gasteiger partial charge on any atom is -0.312 e. The second kappa shape index (κ2) is 6.57. The van der Waals surface area contributed by atoms with E-state index in [1.165, 1.54) is 0 Å². The molecule has 0 saturated heterocycles. The molecule has 4 heteroatoms. The molecule has 0 spiro atoms.